The van der Waals surface area contributed by atoms with Crippen molar-refractivity contribution in [1.29, 1.82) is 0 Å². The lowest BCUT2D eigenvalue weighted by atomic mass is 9.99. The fraction of sp³-hybridized carbons (Fsp3) is 0.474. The van der Waals surface area contributed by atoms with Gasteiger partial charge in [0.1, 0.15) is 0 Å². The van der Waals surface area contributed by atoms with Crippen molar-refractivity contribution in [3.8, 4) is 0 Å². The number of hydrogen-bond acceptors (Lipinski definition) is 3. The van der Waals surface area contributed by atoms with Crippen molar-refractivity contribution in [3.05, 3.63) is 53.9 Å². The lowest BCUT2D eigenvalue weighted by Gasteiger charge is -2.35. The van der Waals surface area contributed by atoms with Crippen molar-refractivity contribution in [2.75, 3.05) is 6.54 Å². The number of carbonyl (C=O) groups excluding carboxylic acids is 1. The molecule has 2 heterocycles. The highest BCUT2D eigenvalue weighted by Gasteiger charge is 2.29. The number of aryl methyl sites for hydroxylation is 1. The fourth-order valence-electron chi connectivity index (χ4n) is 3.35. The van der Waals surface area contributed by atoms with E-state index in [1.165, 1.54) is 5.56 Å². The van der Waals surface area contributed by atoms with Gasteiger partial charge in [-0.25, -0.2) is 0 Å². The summed E-state index contributed by atoms with van der Waals surface area (Å²) in [7, 11) is 1.89. The normalized spacial score (nSPS) is 19.8. The number of benzene rings is 1. The van der Waals surface area contributed by atoms with E-state index in [-0.39, 0.29) is 18.0 Å². The number of nitrogens with one attached hydrogen (secondary N) is 1. The van der Waals surface area contributed by atoms with Crippen molar-refractivity contribution in [2.24, 2.45) is 7.05 Å². The van der Waals surface area contributed by atoms with Crippen molar-refractivity contribution in [1.82, 2.24) is 20.0 Å². The Bertz CT molecular complexity index is 667. The van der Waals surface area contributed by atoms with E-state index in [1.807, 2.05) is 32.4 Å². The summed E-state index contributed by atoms with van der Waals surface area (Å²) in [5.41, 5.74) is 2.30. The molecule has 0 bridgehead atoms. The van der Waals surface area contributed by atoms with Gasteiger partial charge in [0.2, 0.25) is 5.91 Å². The highest BCUT2D eigenvalue weighted by molar-refractivity contribution is 5.82. The maximum Gasteiger partial charge on any atom is 0.237 e. The average Bonchev–Trinajstić information content (AvgIpc) is 3.03. The van der Waals surface area contributed by atoms with E-state index in [4.69, 9.17) is 0 Å². The maximum atomic E-state index is 12.8. The molecule has 2 atom stereocenters. The molecule has 0 saturated carbocycles. The third-order valence-corrected chi connectivity index (χ3v) is 4.73. The van der Waals surface area contributed by atoms with Crippen molar-refractivity contribution in [3.63, 3.8) is 0 Å². The van der Waals surface area contributed by atoms with Crippen molar-refractivity contribution < 1.29 is 4.79 Å². The van der Waals surface area contributed by atoms with Gasteiger partial charge < -0.3 is 5.32 Å². The van der Waals surface area contributed by atoms with Crippen LogP contribution in [0, 0.1) is 0 Å². The van der Waals surface area contributed by atoms with E-state index in [0.717, 1.165) is 37.9 Å². The Morgan fingerprint density at radius 1 is 1.33 bits per heavy atom. The first kappa shape index (κ1) is 16.7. The third-order valence-electron chi connectivity index (χ3n) is 4.73. The molecule has 128 valence electrons. The van der Waals surface area contributed by atoms with Gasteiger partial charge >= 0.3 is 0 Å². The molecule has 1 aliphatic heterocycles. The molecule has 24 heavy (non-hydrogen) atoms. The van der Waals surface area contributed by atoms with Crippen LogP contribution in [-0.4, -0.2) is 33.2 Å². The summed E-state index contributed by atoms with van der Waals surface area (Å²) < 4.78 is 1.76. The number of hydrogen-bond donors (Lipinski definition) is 1. The van der Waals surface area contributed by atoms with Crippen LogP contribution in [0.15, 0.2) is 42.7 Å². The van der Waals surface area contributed by atoms with Gasteiger partial charge in [-0.15, -0.1) is 0 Å². The number of carbonyl (C=O) groups is 1. The summed E-state index contributed by atoms with van der Waals surface area (Å²) in [5.74, 6) is 0.127. The van der Waals surface area contributed by atoms with Gasteiger partial charge in [-0.2, -0.15) is 5.10 Å². The molecule has 2 unspecified atom stereocenters. The number of rotatable bonds is 5. The highest BCUT2D eigenvalue weighted by Crippen LogP contribution is 2.21. The lowest BCUT2D eigenvalue weighted by Crippen LogP contribution is -2.49. The highest BCUT2D eigenvalue weighted by atomic mass is 16.2. The van der Waals surface area contributed by atoms with E-state index >= 15 is 0 Å². The molecule has 0 aliphatic carbocycles. The third kappa shape index (κ3) is 4.03. The van der Waals surface area contributed by atoms with E-state index in [2.05, 4.69) is 39.6 Å². The van der Waals surface area contributed by atoms with E-state index in [1.54, 1.807) is 4.68 Å². The summed E-state index contributed by atoms with van der Waals surface area (Å²) in [6, 6.07) is 10.3. The SMILES string of the molecule is CC(NC(=O)C1CCCCN1Cc1ccccc1)c1cnn(C)c1. The van der Waals surface area contributed by atoms with Gasteiger partial charge in [-0.05, 0) is 31.9 Å². The largest absolute Gasteiger partial charge is 0.348 e. The Hall–Kier alpha value is -2.14. The summed E-state index contributed by atoms with van der Waals surface area (Å²) in [6.45, 7) is 3.83. The molecule has 1 fully saturated rings. The minimum absolute atomic E-state index is 0.0216. The molecule has 1 aliphatic rings. The zero-order valence-corrected chi connectivity index (χ0v) is 14.5. The Morgan fingerprint density at radius 3 is 2.83 bits per heavy atom. The van der Waals surface area contributed by atoms with E-state index in [9.17, 15) is 4.79 Å². The Labute approximate surface area is 143 Å². The molecule has 0 spiro atoms. The van der Waals surface area contributed by atoms with Crippen LogP contribution >= 0.6 is 0 Å². The standard InChI is InChI=1S/C19H26N4O/c1-15(17-12-20-22(2)14-17)21-19(24)18-10-6-7-11-23(18)13-16-8-4-3-5-9-16/h3-5,8-9,12,14-15,18H,6-7,10-11,13H2,1-2H3,(H,21,24). The molecule has 5 heteroatoms. The molecule has 3 rings (SSSR count). The van der Waals surface area contributed by atoms with Gasteiger partial charge in [0.05, 0.1) is 18.3 Å². The predicted octanol–water partition coefficient (Wildman–Crippen LogP) is 2.65. The van der Waals surface area contributed by atoms with Gasteiger partial charge in [0, 0.05) is 25.4 Å². The number of piperidine rings is 1. The first-order valence-corrected chi connectivity index (χ1v) is 8.70. The zero-order chi connectivity index (χ0) is 16.9. The van der Waals surface area contributed by atoms with E-state index in [0.29, 0.717) is 0 Å². The second-order valence-electron chi connectivity index (χ2n) is 6.65. The first-order valence-electron chi connectivity index (χ1n) is 8.70. The summed E-state index contributed by atoms with van der Waals surface area (Å²) in [6.07, 6.45) is 6.97. The number of likely N-dealkylation sites (tertiary alicyclic amines) is 1. The summed E-state index contributed by atoms with van der Waals surface area (Å²) in [5, 5.41) is 7.34. The smallest absolute Gasteiger partial charge is 0.237 e. The van der Waals surface area contributed by atoms with Gasteiger partial charge in [0.25, 0.3) is 0 Å². The van der Waals surface area contributed by atoms with Crippen LogP contribution in [0.4, 0.5) is 0 Å². The molecule has 1 aromatic heterocycles. The van der Waals surface area contributed by atoms with Crippen LogP contribution in [0.2, 0.25) is 0 Å². The summed E-state index contributed by atoms with van der Waals surface area (Å²) >= 11 is 0. The van der Waals surface area contributed by atoms with E-state index < -0.39 is 0 Å². The average molecular weight is 326 g/mol. The molecule has 5 nitrogen and oxygen atoms in total. The Morgan fingerprint density at radius 2 is 2.12 bits per heavy atom. The molecular formula is C19H26N4O. The monoisotopic (exact) mass is 326 g/mol. The quantitative estimate of drug-likeness (QED) is 0.919. The molecule has 2 aromatic rings. The van der Waals surface area contributed by atoms with Crippen LogP contribution in [0.25, 0.3) is 0 Å². The minimum atomic E-state index is -0.0434. The van der Waals surface area contributed by atoms with Crippen LogP contribution in [-0.2, 0) is 18.4 Å². The first-order chi connectivity index (χ1) is 11.6. The van der Waals surface area contributed by atoms with Crippen LogP contribution in [0.1, 0.15) is 43.4 Å². The summed E-state index contributed by atoms with van der Waals surface area (Å²) in [4.78, 5) is 15.1. The molecule has 1 amide bonds. The van der Waals surface area contributed by atoms with Crippen LogP contribution in [0.5, 0.6) is 0 Å². The maximum absolute atomic E-state index is 12.8. The van der Waals surface area contributed by atoms with Gasteiger partial charge in [-0.1, -0.05) is 36.8 Å². The number of aromatic nitrogens is 2. The second kappa shape index (κ2) is 7.62. The predicted molar refractivity (Wildman–Crippen MR) is 94.3 cm³/mol. The van der Waals surface area contributed by atoms with Crippen molar-refractivity contribution >= 4 is 5.91 Å². The van der Waals surface area contributed by atoms with Crippen LogP contribution in [0.3, 0.4) is 0 Å². The fourth-order valence-corrected chi connectivity index (χ4v) is 3.35. The minimum Gasteiger partial charge on any atom is -0.348 e. The number of amides is 1. The molecule has 1 aromatic carbocycles. The van der Waals surface area contributed by atoms with Gasteiger partial charge in [-0.3, -0.25) is 14.4 Å². The Balaban J connectivity index is 1.64. The van der Waals surface area contributed by atoms with Crippen LogP contribution < -0.4 is 5.32 Å². The molecule has 1 N–H and O–H groups in total. The molecular weight excluding hydrogens is 300 g/mol. The second-order valence-corrected chi connectivity index (χ2v) is 6.65. The van der Waals surface area contributed by atoms with Crippen molar-refractivity contribution in [2.45, 2.75) is 44.8 Å². The number of nitrogens with zero attached hydrogens (tertiary/aromatic N) is 3. The molecule has 0 radical (unpaired) electrons. The zero-order valence-electron chi connectivity index (χ0n) is 14.5. The lowest BCUT2D eigenvalue weighted by molar-refractivity contribution is -0.128. The van der Waals surface area contributed by atoms with Gasteiger partial charge in [0.15, 0.2) is 0 Å². The molecule has 1 saturated heterocycles. The Kier molecular flexibility index (Phi) is 5.30. The topological polar surface area (TPSA) is 50.2 Å².